The van der Waals surface area contributed by atoms with Crippen molar-refractivity contribution in [2.75, 3.05) is 0 Å². The van der Waals surface area contributed by atoms with Crippen molar-refractivity contribution in [3.8, 4) is 11.3 Å². The minimum absolute atomic E-state index is 0.814. The monoisotopic (exact) mass is 231 g/mol. The van der Waals surface area contributed by atoms with Crippen LogP contribution in [0.25, 0.3) is 11.3 Å². The van der Waals surface area contributed by atoms with Crippen molar-refractivity contribution in [1.82, 2.24) is 4.98 Å². The molecular weight excluding hydrogens is 218 g/mol. The topological polar surface area (TPSA) is 12.9 Å². The summed E-state index contributed by atoms with van der Waals surface area (Å²) in [5, 5.41) is 0.814. The first kappa shape index (κ1) is 11.2. The second-order valence-corrected chi connectivity index (χ2v) is 4.18. The summed E-state index contributed by atoms with van der Waals surface area (Å²) in [6.07, 6.45) is 0.923. The molecule has 0 saturated carbocycles. The number of hydrogen-bond acceptors (Lipinski definition) is 1. The van der Waals surface area contributed by atoms with Crippen LogP contribution in [0.1, 0.15) is 18.2 Å². The molecule has 0 unspecified atom stereocenters. The molecule has 16 heavy (non-hydrogen) atoms. The van der Waals surface area contributed by atoms with E-state index in [0.29, 0.717) is 0 Å². The molecular formula is C14H14ClN. The van der Waals surface area contributed by atoms with E-state index >= 15 is 0 Å². The molecule has 0 aliphatic heterocycles. The zero-order chi connectivity index (χ0) is 11.5. The van der Waals surface area contributed by atoms with Gasteiger partial charge in [0, 0.05) is 16.3 Å². The Morgan fingerprint density at radius 2 is 1.88 bits per heavy atom. The predicted octanol–water partition coefficient (Wildman–Crippen LogP) is 4.27. The van der Waals surface area contributed by atoms with Crippen LogP contribution in [0.2, 0.25) is 5.02 Å². The molecule has 2 rings (SSSR count). The summed E-state index contributed by atoms with van der Waals surface area (Å²) in [4.78, 5) is 4.59. The maximum absolute atomic E-state index is 6.24. The molecule has 0 fully saturated rings. The fourth-order valence-corrected chi connectivity index (χ4v) is 2.22. The van der Waals surface area contributed by atoms with Crippen LogP contribution in [-0.4, -0.2) is 4.98 Å². The second-order valence-electron chi connectivity index (χ2n) is 3.77. The van der Waals surface area contributed by atoms with Gasteiger partial charge in [0.25, 0.3) is 0 Å². The number of rotatable bonds is 2. The molecule has 0 N–H and O–H groups in total. The van der Waals surface area contributed by atoms with Crippen molar-refractivity contribution < 1.29 is 0 Å². The number of nitrogens with zero attached hydrogens (tertiary/aromatic N) is 1. The molecule has 0 atom stereocenters. The van der Waals surface area contributed by atoms with Crippen molar-refractivity contribution in [2.45, 2.75) is 20.3 Å². The van der Waals surface area contributed by atoms with E-state index in [-0.39, 0.29) is 0 Å². The van der Waals surface area contributed by atoms with Gasteiger partial charge in [-0.05, 0) is 25.0 Å². The molecule has 1 nitrogen and oxygen atoms in total. The molecule has 0 saturated heterocycles. The fourth-order valence-electron chi connectivity index (χ4n) is 1.84. The number of benzene rings is 1. The van der Waals surface area contributed by atoms with Gasteiger partial charge in [-0.25, -0.2) is 0 Å². The van der Waals surface area contributed by atoms with Crippen LogP contribution in [0.15, 0.2) is 36.4 Å². The van der Waals surface area contributed by atoms with Crippen molar-refractivity contribution in [3.05, 3.63) is 52.7 Å². The molecule has 0 bridgehead atoms. The summed E-state index contributed by atoms with van der Waals surface area (Å²) >= 11 is 6.24. The SMILES string of the molecule is CCc1c(Cl)cc(-c2ccccc2)nc1C. The van der Waals surface area contributed by atoms with E-state index in [4.69, 9.17) is 11.6 Å². The molecule has 0 spiro atoms. The zero-order valence-electron chi connectivity index (χ0n) is 9.50. The number of halogens is 1. The minimum Gasteiger partial charge on any atom is -0.253 e. The highest BCUT2D eigenvalue weighted by Gasteiger charge is 2.07. The van der Waals surface area contributed by atoms with E-state index in [0.717, 1.165) is 34.0 Å². The maximum atomic E-state index is 6.24. The third-order valence-corrected chi connectivity index (χ3v) is 3.04. The van der Waals surface area contributed by atoms with Gasteiger partial charge in [-0.1, -0.05) is 48.9 Å². The first-order valence-corrected chi connectivity index (χ1v) is 5.81. The van der Waals surface area contributed by atoms with Crippen LogP contribution in [0.4, 0.5) is 0 Å². The number of aromatic nitrogens is 1. The molecule has 0 amide bonds. The minimum atomic E-state index is 0.814. The van der Waals surface area contributed by atoms with Crippen LogP contribution in [0, 0.1) is 6.92 Å². The van der Waals surface area contributed by atoms with Crippen molar-refractivity contribution in [1.29, 1.82) is 0 Å². The van der Waals surface area contributed by atoms with Crippen LogP contribution in [0.5, 0.6) is 0 Å². The average molecular weight is 232 g/mol. The molecule has 0 aliphatic carbocycles. The maximum Gasteiger partial charge on any atom is 0.0720 e. The molecule has 2 aromatic rings. The highest BCUT2D eigenvalue weighted by molar-refractivity contribution is 6.31. The van der Waals surface area contributed by atoms with Gasteiger partial charge >= 0.3 is 0 Å². The Kier molecular flexibility index (Phi) is 3.25. The van der Waals surface area contributed by atoms with Crippen molar-refractivity contribution in [3.63, 3.8) is 0 Å². The smallest absolute Gasteiger partial charge is 0.0720 e. The van der Waals surface area contributed by atoms with Gasteiger partial charge in [0.1, 0.15) is 0 Å². The summed E-state index contributed by atoms with van der Waals surface area (Å²) < 4.78 is 0. The Morgan fingerprint density at radius 3 is 2.44 bits per heavy atom. The second kappa shape index (κ2) is 4.67. The van der Waals surface area contributed by atoms with Crippen molar-refractivity contribution >= 4 is 11.6 Å². The lowest BCUT2D eigenvalue weighted by Crippen LogP contribution is -1.95. The standard InChI is InChI=1S/C14H14ClN/c1-3-12-10(2)16-14(9-13(12)15)11-7-5-4-6-8-11/h4-9H,3H2,1-2H3. The molecule has 2 heteroatoms. The number of hydrogen-bond donors (Lipinski definition) is 0. The van der Waals surface area contributed by atoms with E-state index < -0.39 is 0 Å². The highest BCUT2D eigenvalue weighted by Crippen LogP contribution is 2.25. The third kappa shape index (κ3) is 2.10. The molecule has 82 valence electrons. The molecule has 0 radical (unpaired) electrons. The van der Waals surface area contributed by atoms with Gasteiger partial charge in [0.2, 0.25) is 0 Å². The van der Waals surface area contributed by atoms with Gasteiger partial charge < -0.3 is 0 Å². The van der Waals surface area contributed by atoms with Gasteiger partial charge in [-0.15, -0.1) is 0 Å². The first-order valence-electron chi connectivity index (χ1n) is 5.43. The Hall–Kier alpha value is -1.34. The predicted molar refractivity (Wildman–Crippen MR) is 68.8 cm³/mol. The first-order chi connectivity index (χ1) is 7.72. The van der Waals surface area contributed by atoms with E-state index in [1.165, 1.54) is 0 Å². The Labute approximate surface area is 101 Å². The number of pyridine rings is 1. The lowest BCUT2D eigenvalue weighted by molar-refractivity contribution is 1.05. The Balaban J connectivity index is 2.53. The van der Waals surface area contributed by atoms with Gasteiger partial charge in [0.15, 0.2) is 0 Å². The van der Waals surface area contributed by atoms with Crippen LogP contribution in [-0.2, 0) is 6.42 Å². The fraction of sp³-hybridized carbons (Fsp3) is 0.214. The van der Waals surface area contributed by atoms with E-state index in [1.54, 1.807) is 0 Å². The summed E-state index contributed by atoms with van der Waals surface area (Å²) in [6.45, 7) is 4.11. The zero-order valence-corrected chi connectivity index (χ0v) is 10.3. The van der Waals surface area contributed by atoms with E-state index in [2.05, 4.69) is 11.9 Å². The molecule has 1 aromatic carbocycles. The molecule has 1 aromatic heterocycles. The van der Waals surface area contributed by atoms with Crippen LogP contribution >= 0.6 is 11.6 Å². The Morgan fingerprint density at radius 1 is 1.19 bits per heavy atom. The van der Waals surface area contributed by atoms with Crippen molar-refractivity contribution in [2.24, 2.45) is 0 Å². The van der Waals surface area contributed by atoms with Gasteiger partial charge in [0.05, 0.1) is 5.69 Å². The van der Waals surface area contributed by atoms with Gasteiger partial charge in [-0.2, -0.15) is 0 Å². The quantitative estimate of drug-likeness (QED) is 0.752. The average Bonchev–Trinajstić information content (AvgIpc) is 2.30. The third-order valence-electron chi connectivity index (χ3n) is 2.70. The lowest BCUT2D eigenvalue weighted by Gasteiger charge is -2.08. The Bertz CT molecular complexity index is 468. The normalized spacial score (nSPS) is 10.4. The molecule has 0 aliphatic rings. The van der Waals surface area contributed by atoms with Crippen LogP contribution < -0.4 is 0 Å². The van der Waals surface area contributed by atoms with Gasteiger partial charge in [-0.3, -0.25) is 4.98 Å². The summed E-state index contributed by atoms with van der Waals surface area (Å²) in [5.74, 6) is 0. The van der Waals surface area contributed by atoms with E-state index in [9.17, 15) is 0 Å². The number of aryl methyl sites for hydroxylation is 1. The van der Waals surface area contributed by atoms with E-state index in [1.807, 2.05) is 43.3 Å². The largest absolute Gasteiger partial charge is 0.253 e. The molecule has 1 heterocycles. The summed E-state index contributed by atoms with van der Waals surface area (Å²) in [7, 11) is 0. The lowest BCUT2D eigenvalue weighted by atomic mass is 10.1. The highest BCUT2D eigenvalue weighted by atomic mass is 35.5. The summed E-state index contributed by atoms with van der Waals surface area (Å²) in [5.41, 5.74) is 4.21. The van der Waals surface area contributed by atoms with Crippen LogP contribution in [0.3, 0.4) is 0 Å². The summed E-state index contributed by atoms with van der Waals surface area (Å²) in [6, 6.07) is 12.1.